The maximum atomic E-state index is 12.9. The van der Waals surface area contributed by atoms with Crippen molar-refractivity contribution in [2.24, 2.45) is 22.5 Å². The summed E-state index contributed by atoms with van der Waals surface area (Å²) in [5.41, 5.74) is 3.90. The molecule has 0 spiro atoms. The van der Waals surface area contributed by atoms with Crippen LogP contribution in [0.4, 0.5) is 4.79 Å². The maximum absolute atomic E-state index is 12.9. The van der Waals surface area contributed by atoms with Crippen LogP contribution in [0.25, 0.3) is 0 Å². The summed E-state index contributed by atoms with van der Waals surface area (Å²) in [5, 5.41) is 0. The molecule has 0 amide bonds. The minimum Gasteiger partial charge on any atom is -0.468 e. The molecule has 0 heterocycles. The molecule has 1 aromatic carbocycles. The molecule has 1 rings (SSSR count). The average Bonchev–Trinajstić information content (AvgIpc) is 2.91. The van der Waals surface area contributed by atoms with E-state index in [1.807, 2.05) is 27.7 Å². The third-order valence-electron chi connectivity index (χ3n) is 7.53. The second kappa shape index (κ2) is 15.2. The predicted molar refractivity (Wildman–Crippen MR) is 154 cm³/mol. The summed E-state index contributed by atoms with van der Waals surface area (Å²) in [4.78, 5) is 50.7. The molecule has 2 N–H and O–H groups in total. The summed E-state index contributed by atoms with van der Waals surface area (Å²) >= 11 is 0. The van der Waals surface area contributed by atoms with E-state index in [2.05, 4.69) is 0 Å². The van der Waals surface area contributed by atoms with E-state index in [9.17, 15) is 19.2 Å². The summed E-state index contributed by atoms with van der Waals surface area (Å²) in [5.74, 6) is -1.42. The summed E-state index contributed by atoms with van der Waals surface area (Å²) in [6, 6.07) is 4.65. The van der Waals surface area contributed by atoms with Crippen LogP contribution in [-0.2, 0) is 35.0 Å². The van der Waals surface area contributed by atoms with E-state index in [0.717, 1.165) is 6.42 Å². The van der Waals surface area contributed by atoms with Gasteiger partial charge in [0.25, 0.3) is 0 Å². The van der Waals surface area contributed by atoms with E-state index in [-0.39, 0.29) is 36.9 Å². The Balaban J connectivity index is 3.31. The van der Waals surface area contributed by atoms with Crippen molar-refractivity contribution in [1.82, 2.24) is 0 Å². The number of hydrogen-bond acceptors (Lipinski definition) is 10. The van der Waals surface area contributed by atoms with Gasteiger partial charge in [-0.25, -0.2) is 4.79 Å². The highest BCUT2D eigenvalue weighted by Gasteiger charge is 2.39. The molecule has 1 aromatic rings. The average molecular weight is 580 g/mol. The van der Waals surface area contributed by atoms with E-state index in [1.54, 1.807) is 40.7 Å². The Hall–Kier alpha value is -3.14. The van der Waals surface area contributed by atoms with Crippen molar-refractivity contribution in [3.8, 4) is 11.5 Å². The first-order valence-electron chi connectivity index (χ1n) is 14.2. The Labute approximate surface area is 244 Å². The third kappa shape index (κ3) is 10.6. The van der Waals surface area contributed by atoms with Crippen molar-refractivity contribution in [2.45, 2.75) is 106 Å². The van der Waals surface area contributed by atoms with Crippen LogP contribution >= 0.6 is 0 Å². The summed E-state index contributed by atoms with van der Waals surface area (Å²) in [7, 11) is 1.22. The molecule has 0 saturated carbocycles. The lowest BCUT2D eigenvalue weighted by Gasteiger charge is -2.29. The molecule has 0 bridgehead atoms. The lowest BCUT2D eigenvalue weighted by molar-refractivity contribution is -0.148. The zero-order valence-corrected chi connectivity index (χ0v) is 26.4. The molecular formula is C31H49NO9. The van der Waals surface area contributed by atoms with E-state index in [0.29, 0.717) is 18.4 Å². The van der Waals surface area contributed by atoms with Gasteiger partial charge in [0, 0.05) is 12.8 Å². The van der Waals surface area contributed by atoms with Crippen molar-refractivity contribution in [3.63, 3.8) is 0 Å². The molecule has 0 radical (unpaired) electrons. The molecule has 41 heavy (non-hydrogen) atoms. The van der Waals surface area contributed by atoms with Crippen LogP contribution in [0.15, 0.2) is 18.2 Å². The quantitative estimate of drug-likeness (QED) is 0.201. The van der Waals surface area contributed by atoms with Crippen molar-refractivity contribution in [2.75, 3.05) is 13.7 Å². The molecule has 232 valence electrons. The minimum absolute atomic E-state index is 0.0272. The van der Waals surface area contributed by atoms with Gasteiger partial charge in [0.1, 0.15) is 11.6 Å². The molecule has 0 fully saturated rings. The fourth-order valence-corrected chi connectivity index (χ4v) is 3.47. The monoisotopic (exact) mass is 579 g/mol. The Morgan fingerprint density at radius 3 is 1.88 bits per heavy atom. The molecule has 0 aliphatic heterocycles. The summed E-state index contributed by atoms with van der Waals surface area (Å²) in [6.45, 7) is 16.5. The van der Waals surface area contributed by atoms with E-state index in [4.69, 9.17) is 29.4 Å². The van der Waals surface area contributed by atoms with Gasteiger partial charge in [0.2, 0.25) is 0 Å². The topological polar surface area (TPSA) is 140 Å². The number of rotatable bonds is 15. The molecule has 0 saturated heterocycles. The number of benzene rings is 1. The highest BCUT2D eigenvalue weighted by Crippen LogP contribution is 2.35. The first kappa shape index (κ1) is 35.9. The summed E-state index contributed by atoms with van der Waals surface area (Å²) in [6.07, 6.45) is 0.168. The fraction of sp³-hybridized carbons (Fsp3) is 0.677. The zero-order valence-electron chi connectivity index (χ0n) is 26.4. The standard InChI is InChI=1S/C31H49NO9/c1-11-20(4)19-38-28(36)39-21(5)17-31(32,27(35)37-10)18-22-14-15-23(40-25(33)29(6,7)12-2)24(16-22)41-26(34)30(8,9)13-3/h14-16,20-21H,11-13,17-19,32H2,1-10H3/t20?,21-,31?/m0/s1. The normalized spacial score (nSPS) is 14.7. The van der Waals surface area contributed by atoms with Crippen LogP contribution in [-0.4, -0.2) is 49.4 Å². The molecule has 0 aromatic heterocycles. The van der Waals surface area contributed by atoms with Crippen LogP contribution in [0.2, 0.25) is 0 Å². The molecule has 0 aliphatic carbocycles. The zero-order chi connectivity index (χ0) is 31.6. The predicted octanol–water partition coefficient (Wildman–Crippen LogP) is 5.76. The van der Waals surface area contributed by atoms with Crippen molar-refractivity contribution in [3.05, 3.63) is 23.8 Å². The number of nitrogens with two attached hydrogens (primary N) is 1. The van der Waals surface area contributed by atoms with Gasteiger partial charge in [0.15, 0.2) is 11.5 Å². The Morgan fingerprint density at radius 1 is 0.854 bits per heavy atom. The molecular weight excluding hydrogens is 530 g/mol. The lowest BCUT2D eigenvalue weighted by atomic mass is 9.86. The number of carbonyl (C=O) groups excluding carboxylic acids is 4. The van der Waals surface area contributed by atoms with Gasteiger partial charge in [-0.05, 0) is 71.1 Å². The highest BCUT2D eigenvalue weighted by molar-refractivity contribution is 5.82. The van der Waals surface area contributed by atoms with Gasteiger partial charge < -0.3 is 29.4 Å². The van der Waals surface area contributed by atoms with Gasteiger partial charge >= 0.3 is 24.1 Å². The molecule has 10 heteroatoms. The first-order chi connectivity index (χ1) is 18.9. The Morgan fingerprint density at radius 2 is 1.39 bits per heavy atom. The molecule has 10 nitrogen and oxygen atoms in total. The van der Waals surface area contributed by atoms with Crippen LogP contribution in [0.3, 0.4) is 0 Å². The molecule has 0 aliphatic rings. The highest BCUT2D eigenvalue weighted by atomic mass is 16.7. The van der Waals surface area contributed by atoms with Crippen molar-refractivity contribution in [1.29, 1.82) is 0 Å². The molecule has 3 atom stereocenters. The van der Waals surface area contributed by atoms with Gasteiger partial charge in [0.05, 0.1) is 24.5 Å². The second-order valence-corrected chi connectivity index (χ2v) is 12.1. The van der Waals surface area contributed by atoms with E-state index in [1.165, 1.54) is 19.2 Å². The smallest absolute Gasteiger partial charge is 0.468 e. The number of ether oxygens (including phenoxy) is 5. The maximum Gasteiger partial charge on any atom is 0.508 e. The third-order valence-corrected chi connectivity index (χ3v) is 7.53. The SMILES string of the molecule is CCC(C)COC(=O)O[C@@H](C)CC(N)(Cc1ccc(OC(=O)C(C)(C)CC)c(OC(=O)C(C)(C)CC)c1)C(=O)OC. The number of hydrogen-bond donors (Lipinski definition) is 1. The minimum atomic E-state index is -1.60. The van der Waals surface area contributed by atoms with Crippen LogP contribution in [0.1, 0.15) is 93.6 Å². The van der Waals surface area contributed by atoms with E-state index < -0.39 is 46.5 Å². The van der Waals surface area contributed by atoms with E-state index >= 15 is 0 Å². The largest absolute Gasteiger partial charge is 0.508 e. The number of esters is 3. The van der Waals surface area contributed by atoms with Crippen LogP contribution in [0, 0.1) is 16.7 Å². The van der Waals surface area contributed by atoms with Gasteiger partial charge in [-0.3, -0.25) is 14.4 Å². The van der Waals surface area contributed by atoms with Crippen LogP contribution in [0.5, 0.6) is 11.5 Å². The van der Waals surface area contributed by atoms with Crippen molar-refractivity contribution >= 4 is 24.1 Å². The number of methoxy groups -OCH3 is 1. The Bertz CT molecular complexity index is 1070. The number of carbonyl (C=O) groups is 4. The fourth-order valence-electron chi connectivity index (χ4n) is 3.47. The first-order valence-corrected chi connectivity index (χ1v) is 14.2. The molecule has 2 unspecified atom stereocenters. The van der Waals surface area contributed by atoms with Gasteiger partial charge in [-0.15, -0.1) is 0 Å². The summed E-state index contributed by atoms with van der Waals surface area (Å²) < 4.78 is 26.8. The lowest BCUT2D eigenvalue weighted by Crippen LogP contribution is -2.53. The van der Waals surface area contributed by atoms with Gasteiger partial charge in [-0.1, -0.05) is 40.2 Å². The second-order valence-electron chi connectivity index (χ2n) is 12.1. The van der Waals surface area contributed by atoms with Gasteiger partial charge in [-0.2, -0.15) is 0 Å². The Kier molecular flexibility index (Phi) is 13.3. The van der Waals surface area contributed by atoms with Crippen molar-refractivity contribution < 1.29 is 42.9 Å². The van der Waals surface area contributed by atoms with Crippen LogP contribution < -0.4 is 15.2 Å².